The molecule has 0 bridgehead atoms. The number of phenolic OH excluding ortho intramolecular Hbond substituents is 4. The number of phenols is 4. The van der Waals surface area contributed by atoms with Crippen LogP contribution in [0.15, 0.2) is 42.5 Å². The molecule has 1 atom stereocenters. The quantitative estimate of drug-likeness (QED) is 0.260. The van der Waals surface area contributed by atoms with Gasteiger partial charge in [-0.1, -0.05) is 19.1 Å². The van der Waals surface area contributed by atoms with Crippen LogP contribution in [0, 0.1) is 0 Å². The third-order valence-corrected chi connectivity index (χ3v) is 3.96. The van der Waals surface area contributed by atoms with Gasteiger partial charge in [0.15, 0.2) is 23.0 Å². The summed E-state index contributed by atoms with van der Waals surface area (Å²) < 4.78 is 5.12. The molecular weight excluding hydrogens is 378 g/mol. The van der Waals surface area contributed by atoms with Crippen molar-refractivity contribution in [1.29, 1.82) is 0 Å². The van der Waals surface area contributed by atoms with Crippen LogP contribution in [0.1, 0.15) is 24.5 Å². The molecule has 5 N–H and O–H groups in total. The molecule has 0 aromatic heterocycles. The van der Waals surface area contributed by atoms with Gasteiger partial charge in [0.2, 0.25) is 5.91 Å². The summed E-state index contributed by atoms with van der Waals surface area (Å²) in [5.74, 6) is -2.41. The first-order valence-electron chi connectivity index (χ1n) is 8.98. The fourth-order valence-corrected chi connectivity index (χ4v) is 2.46. The molecule has 2 rings (SSSR count). The molecule has 8 nitrogen and oxygen atoms in total. The van der Waals surface area contributed by atoms with E-state index in [-0.39, 0.29) is 36.0 Å². The first-order chi connectivity index (χ1) is 13.8. The Morgan fingerprint density at radius 3 is 2.28 bits per heavy atom. The molecule has 2 aromatic carbocycles. The fourth-order valence-electron chi connectivity index (χ4n) is 2.46. The van der Waals surface area contributed by atoms with Gasteiger partial charge < -0.3 is 30.5 Å². The maximum Gasteiger partial charge on any atom is 0.328 e. The average molecular weight is 401 g/mol. The zero-order valence-electron chi connectivity index (χ0n) is 15.8. The van der Waals surface area contributed by atoms with E-state index in [9.17, 15) is 30.0 Å². The van der Waals surface area contributed by atoms with Gasteiger partial charge in [0.25, 0.3) is 0 Å². The lowest BCUT2D eigenvalue weighted by atomic mass is 10.0. The Balaban J connectivity index is 2.11. The molecule has 2 aromatic rings. The van der Waals surface area contributed by atoms with Crippen molar-refractivity contribution in [3.8, 4) is 23.0 Å². The molecule has 0 saturated carbocycles. The zero-order valence-corrected chi connectivity index (χ0v) is 15.8. The number of benzene rings is 2. The molecule has 1 unspecified atom stereocenters. The minimum Gasteiger partial charge on any atom is -0.504 e. The number of hydrogen-bond donors (Lipinski definition) is 5. The van der Waals surface area contributed by atoms with Crippen LogP contribution in [-0.4, -0.2) is 45.0 Å². The van der Waals surface area contributed by atoms with E-state index in [4.69, 9.17) is 4.74 Å². The van der Waals surface area contributed by atoms with E-state index < -0.39 is 17.9 Å². The third-order valence-electron chi connectivity index (χ3n) is 3.96. The van der Waals surface area contributed by atoms with Crippen LogP contribution in [0.25, 0.3) is 6.08 Å². The lowest BCUT2D eigenvalue weighted by Gasteiger charge is -2.17. The summed E-state index contributed by atoms with van der Waals surface area (Å²) in [4.78, 5) is 24.6. The third kappa shape index (κ3) is 6.46. The SMILES string of the molecule is CCCOC(=O)C(Cc1ccc(O)c(O)c1)NC(=O)/C=C/c1ccc(O)c(O)c1. The monoisotopic (exact) mass is 401 g/mol. The van der Waals surface area contributed by atoms with Crippen molar-refractivity contribution < 1.29 is 34.8 Å². The van der Waals surface area contributed by atoms with Crippen LogP contribution in [0.4, 0.5) is 0 Å². The average Bonchev–Trinajstić information content (AvgIpc) is 2.69. The van der Waals surface area contributed by atoms with E-state index in [0.717, 1.165) is 0 Å². The molecule has 8 heteroatoms. The number of nitrogens with one attached hydrogen (secondary N) is 1. The van der Waals surface area contributed by atoms with Crippen LogP contribution in [0.3, 0.4) is 0 Å². The number of esters is 1. The Kier molecular flexibility index (Phi) is 7.47. The van der Waals surface area contributed by atoms with E-state index in [1.807, 2.05) is 6.92 Å². The number of rotatable bonds is 8. The molecule has 0 heterocycles. The highest BCUT2D eigenvalue weighted by atomic mass is 16.5. The van der Waals surface area contributed by atoms with E-state index in [2.05, 4.69) is 5.32 Å². The second-order valence-electron chi connectivity index (χ2n) is 6.34. The van der Waals surface area contributed by atoms with Crippen LogP contribution in [0.5, 0.6) is 23.0 Å². The number of ether oxygens (including phenoxy) is 1. The maximum absolute atomic E-state index is 12.3. The van der Waals surface area contributed by atoms with Gasteiger partial charge in [-0.3, -0.25) is 4.79 Å². The second kappa shape index (κ2) is 10.0. The Hall–Kier alpha value is -3.68. The minimum absolute atomic E-state index is 0.0516. The molecule has 0 radical (unpaired) electrons. The van der Waals surface area contributed by atoms with Crippen molar-refractivity contribution in [2.75, 3.05) is 6.61 Å². The Bertz CT molecular complexity index is 908. The molecule has 29 heavy (non-hydrogen) atoms. The van der Waals surface area contributed by atoms with Gasteiger partial charge in [-0.15, -0.1) is 0 Å². The van der Waals surface area contributed by atoms with Gasteiger partial charge in [0, 0.05) is 12.5 Å². The van der Waals surface area contributed by atoms with Crippen molar-refractivity contribution in [2.45, 2.75) is 25.8 Å². The van der Waals surface area contributed by atoms with Crippen molar-refractivity contribution in [1.82, 2.24) is 5.32 Å². The van der Waals surface area contributed by atoms with Gasteiger partial charge in [-0.25, -0.2) is 4.79 Å². The Labute approximate surface area is 167 Å². The Morgan fingerprint density at radius 1 is 1.00 bits per heavy atom. The number of carbonyl (C=O) groups is 2. The molecule has 0 aliphatic heterocycles. The molecule has 0 saturated heterocycles. The first-order valence-corrected chi connectivity index (χ1v) is 8.98. The van der Waals surface area contributed by atoms with Crippen molar-refractivity contribution in [3.05, 3.63) is 53.6 Å². The normalized spacial score (nSPS) is 11.9. The lowest BCUT2D eigenvalue weighted by molar-refractivity contribution is -0.147. The van der Waals surface area contributed by atoms with Crippen LogP contribution in [0.2, 0.25) is 0 Å². The summed E-state index contributed by atoms with van der Waals surface area (Å²) in [6, 6.07) is 7.19. The first kappa shape index (κ1) is 21.6. The van der Waals surface area contributed by atoms with Gasteiger partial charge >= 0.3 is 5.97 Å². The maximum atomic E-state index is 12.3. The van der Waals surface area contributed by atoms with Gasteiger partial charge in [0.05, 0.1) is 6.61 Å². The minimum atomic E-state index is -1.00. The van der Waals surface area contributed by atoms with Crippen LogP contribution < -0.4 is 5.32 Å². The molecule has 1 amide bonds. The van der Waals surface area contributed by atoms with E-state index in [0.29, 0.717) is 17.5 Å². The van der Waals surface area contributed by atoms with E-state index in [1.165, 1.54) is 48.6 Å². The van der Waals surface area contributed by atoms with Gasteiger partial charge in [-0.05, 0) is 47.9 Å². The highest BCUT2D eigenvalue weighted by Crippen LogP contribution is 2.26. The molecule has 0 spiro atoms. The summed E-state index contributed by atoms with van der Waals surface area (Å²) in [5, 5.41) is 40.4. The highest BCUT2D eigenvalue weighted by Gasteiger charge is 2.22. The summed E-state index contributed by atoms with van der Waals surface area (Å²) in [5.41, 5.74) is 0.996. The predicted octanol–water partition coefficient (Wildman–Crippen LogP) is 2.20. The summed E-state index contributed by atoms with van der Waals surface area (Å²) in [6.45, 7) is 2.04. The van der Waals surface area contributed by atoms with Gasteiger partial charge in [-0.2, -0.15) is 0 Å². The predicted molar refractivity (Wildman–Crippen MR) is 105 cm³/mol. The fraction of sp³-hybridized carbons (Fsp3) is 0.238. The molecule has 0 aliphatic rings. The van der Waals surface area contributed by atoms with Crippen LogP contribution >= 0.6 is 0 Å². The number of hydrogen-bond acceptors (Lipinski definition) is 7. The van der Waals surface area contributed by atoms with Crippen molar-refractivity contribution in [2.24, 2.45) is 0 Å². The van der Waals surface area contributed by atoms with Crippen molar-refractivity contribution in [3.63, 3.8) is 0 Å². The number of carbonyl (C=O) groups excluding carboxylic acids is 2. The largest absolute Gasteiger partial charge is 0.504 e. The summed E-state index contributed by atoms with van der Waals surface area (Å²) in [6.07, 6.45) is 3.27. The number of aromatic hydroxyl groups is 4. The second-order valence-corrected chi connectivity index (χ2v) is 6.34. The zero-order chi connectivity index (χ0) is 21.4. The molecule has 154 valence electrons. The van der Waals surface area contributed by atoms with Crippen molar-refractivity contribution >= 4 is 18.0 Å². The summed E-state index contributed by atoms with van der Waals surface area (Å²) in [7, 11) is 0. The topological polar surface area (TPSA) is 136 Å². The molecule has 0 aliphatic carbocycles. The highest BCUT2D eigenvalue weighted by molar-refractivity contribution is 5.94. The van der Waals surface area contributed by atoms with Crippen LogP contribution in [-0.2, 0) is 20.7 Å². The Morgan fingerprint density at radius 2 is 1.66 bits per heavy atom. The van der Waals surface area contributed by atoms with E-state index in [1.54, 1.807) is 0 Å². The standard InChI is InChI=1S/C21H23NO7/c1-2-9-29-21(28)15(10-14-4-7-17(24)19(26)12-14)22-20(27)8-5-13-3-6-16(23)18(25)11-13/h3-8,11-12,15,23-26H,2,9-10H2,1H3,(H,22,27)/b8-5+. The molecular formula is C21H23NO7. The lowest BCUT2D eigenvalue weighted by Crippen LogP contribution is -2.42. The van der Waals surface area contributed by atoms with E-state index >= 15 is 0 Å². The summed E-state index contributed by atoms with van der Waals surface area (Å²) >= 11 is 0. The number of amides is 1. The smallest absolute Gasteiger partial charge is 0.328 e. The van der Waals surface area contributed by atoms with Gasteiger partial charge in [0.1, 0.15) is 6.04 Å². The molecule has 0 fully saturated rings.